The molecule has 1 N–H and O–H groups in total. The molecule has 0 aromatic heterocycles. The smallest absolute Gasteiger partial charge is 0.161 e. The highest BCUT2D eigenvalue weighted by atomic mass is 16.5. The zero-order chi connectivity index (χ0) is 14.2. The van der Waals surface area contributed by atoms with Crippen LogP contribution in [0, 0.1) is 0 Å². The van der Waals surface area contributed by atoms with Gasteiger partial charge in [0.25, 0.3) is 0 Å². The number of ether oxygens (including phenoxy) is 2. The summed E-state index contributed by atoms with van der Waals surface area (Å²) in [5.74, 6) is 1.77. The lowest BCUT2D eigenvalue weighted by Gasteiger charge is -2.30. The summed E-state index contributed by atoms with van der Waals surface area (Å²) in [6.07, 6.45) is 6.06. The van der Waals surface area contributed by atoms with Gasteiger partial charge in [-0.25, -0.2) is 0 Å². The lowest BCUT2D eigenvalue weighted by molar-refractivity contribution is 0.129. The van der Waals surface area contributed by atoms with Gasteiger partial charge in [0.1, 0.15) is 6.10 Å². The molecule has 112 valence electrons. The molecule has 2 rings (SSSR count). The van der Waals surface area contributed by atoms with Gasteiger partial charge in [-0.1, -0.05) is 26.0 Å². The minimum atomic E-state index is 0.305. The van der Waals surface area contributed by atoms with Crippen LogP contribution in [0.1, 0.15) is 46.0 Å². The fourth-order valence-corrected chi connectivity index (χ4v) is 2.78. The molecule has 0 amide bonds. The maximum absolute atomic E-state index is 6.20. The second-order valence-electron chi connectivity index (χ2n) is 5.46. The molecule has 2 unspecified atom stereocenters. The third-order valence-corrected chi connectivity index (χ3v) is 3.72. The Morgan fingerprint density at radius 2 is 1.95 bits per heavy atom. The maximum Gasteiger partial charge on any atom is 0.161 e. The van der Waals surface area contributed by atoms with Gasteiger partial charge in [-0.2, -0.15) is 0 Å². The van der Waals surface area contributed by atoms with E-state index in [1.807, 2.05) is 24.3 Å². The van der Waals surface area contributed by atoms with E-state index in [1.54, 1.807) is 0 Å². The molecule has 0 saturated heterocycles. The van der Waals surface area contributed by atoms with E-state index in [-0.39, 0.29) is 0 Å². The van der Waals surface area contributed by atoms with Crippen LogP contribution in [0.4, 0.5) is 0 Å². The highest BCUT2D eigenvalue weighted by molar-refractivity contribution is 5.39. The largest absolute Gasteiger partial charge is 0.490 e. The number of rotatable bonds is 7. The van der Waals surface area contributed by atoms with Gasteiger partial charge < -0.3 is 14.8 Å². The summed E-state index contributed by atoms with van der Waals surface area (Å²) >= 11 is 0. The SMILES string of the molecule is CCCOc1ccccc1OC1CCCC(NCC)C1. The summed E-state index contributed by atoms with van der Waals surface area (Å²) < 4.78 is 12.0. The van der Waals surface area contributed by atoms with Crippen LogP contribution >= 0.6 is 0 Å². The maximum atomic E-state index is 6.20. The zero-order valence-electron chi connectivity index (χ0n) is 12.7. The second kappa shape index (κ2) is 8.15. The van der Waals surface area contributed by atoms with Crippen molar-refractivity contribution in [3.05, 3.63) is 24.3 Å². The first-order valence-electron chi connectivity index (χ1n) is 7.95. The molecule has 2 atom stereocenters. The Labute approximate surface area is 122 Å². The first-order valence-corrected chi connectivity index (χ1v) is 7.95. The highest BCUT2D eigenvalue weighted by Crippen LogP contribution is 2.31. The third-order valence-electron chi connectivity index (χ3n) is 3.72. The standard InChI is InChI=1S/C17H27NO2/c1-3-12-19-16-10-5-6-11-17(16)20-15-9-7-8-14(13-15)18-4-2/h5-6,10-11,14-15,18H,3-4,7-9,12-13H2,1-2H3. The summed E-state index contributed by atoms with van der Waals surface area (Å²) in [6, 6.07) is 8.62. The third kappa shape index (κ3) is 4.41. The van der Waals surface area contributed by atoms with Gasteiger partial charge in [-0.3, -0.25) is 0 Å². The molecule has 0 bridgehead atoms. The van der Waals surface area contributed by atoms with Crippen molar-refractivity contribution in [3.8, 4) is 11.5 Å². The van der Waals surface area contributed by atoms with Crippen molar-refractivity contribution < 1.29 is 9.47 Å². The summed E-state index contributed by atoms with van der Waals surface area (Å²) in [7, 11) is 0. The normalized spacial score (nSPS) is 22.5. The van der Waals surface area contributed by atoms with E-state index in [0.29, 0.717) is 12.1 Å². The molecular weight excluding hydrogens is 250 g/mol. The van der Waals surface area contributed by atoms with E-state index in [2.05, 4.69) is 19.2 Å². The van der Waals surface area contributed by atoms with E-state index >= 15 is 0 Å². The molecule has 0 spiro atoms. The molecule has 1 fully saturated rings. The molecule has 3 nitrogen and oxygen atoms in total. The van der Waals surface area contributed by atoms with Crippen LogP contribution in [0.15, 0.2) is 24.3 Å². The Hall–Kier alpha value is -1.22. The number of hydrogen-bond donors (Lipinski definition) is 1. The van der Waals surface area contributed by atoms with Crippen LogP contribution in [-0.2, 0) is 0 Å². The molecule has 0 radical (unpaired) electrons. The summed E-state index contributed by atoms with van der Waals surface area (Å²) in [5, 5.41) is 3.54. The molecule has 1 aromatic carbocycles. The van der Waals surface area contributed by atoms with Crippen molar-refractivity contribution in [2.24, 2.45) is 0 Å². The molecule has 1 saturated carbocycles. The van der Waals surface area contributed by atoms with Gasteiger partial charge in [0, 0.05) is 6.04 Å². The van der Waals surface area contributed by atoms with Gasteiger partial charge in [0.15, 0.2) is 11.5 Å². The second-order valence-corrected chi connectivity index (χ2v) is 5.46. The van der Waals surface area contributed by atoms with E-state index in [0.717, 1.165) is 43.9 Å². The Morgan fingerprint density at radius 3 is 2.70 bits per heavy atom. The van der Waals surface area contributed by atoms with E-state index in [1.165, 1.54) is 12.8 Å². The molecular formula is C17H27NO2. The van der Waals surface area contributed by atoms with Gasteiger partial charge in [-0.15, -0.1) is 0 Å². The predicted octanol–water partition coefficient (Wildman–Crippen LogP) is 3.77. The van der Waals surface area contributed by atoms with Crippen molar-refractivity contribution in [2.45, 2.75) is 58.1 Å². The average Bonchev–Trinajstić information content (AvgIpc) is 2.47. The minimum absolute atomic E-state index is 0.305. The monoisotopic (exact) mass is 277 g/mol. The van der Waals surface area contributed by atoms with Crippen LogP contribution in [-0.4, -0.2) is 25.3 Å². The minimum Gasteiger partial charge on any atom is -0.490 e. The van der Waals surface area contributed by atoms with Crippen LogP contribution in [0.25, 0.3) is 0 Å². The molecule has 0 aliphatic heterocycles. The van der Waals surface area contributed by atoms with Crippen LogP contribution in [0.2, 0.25) is 0 Å². The average molecular weight is 277 g/mol. The van der Waals surface area contributed by atoms with Gasteiger partial charge in [0.05, 0.1) is 6.61 Å². The number of para-hydroxylation sites is 2. The van der Waals surface area contributed by atoms with E-state index in [4.69, 9.17) is 9.47 Å². The molecule has 1 aliphatic rings. The Bertz CT molecular complexity index is 392. The lowest BCUT2D eigenvalue weighted by Crippen LogP contribution is -2.38. The summed E-state index contributed by atoms with van der Waals surface area (Å²) in [5.41, 5.74) is 0. The van der Waals surface area contributed by atoms with Crippen LogP contribution in [0.5, 0.6) is 11.5 Å². The van der Waals surface area contributed by atoms with E-state index < -0.39 is 0 Å². The molecule has 0 heterocycles. The summed E-state index contributed by atoms with van der Waals surface area (Å²) in [6.45, 7) is 6.06. The predicted molar refractivity (Wildman–Crippen MR) is 82.6 cm³/mol. The molecule has 3 heteroatoms. The first kappa shape index (κ1) is 15.2. The molecule has 1 aliphatic carbocycles. The Balaban J connectivity index is 1.94. The molecule has 20 heavy (non-hydrogen) atoms. The Kier molecular flexibility index (Phi) is 6.19. The Morgan fingerprint density at radius 1 is 1.15 bits per heavy atom. The van der Waals surface area contributed by atoms with Crippen LogP contribution in [0.3, 0.4) is 0 Å². The summed E-state index contributed by atoms with van der Waals surface area (Å²) in [4.78, 5) is 0. The van der Waals surface area contributed by atoms with Crippen molar-refractivity contribution in [3.63, 3.8) is 0 Å². The highest BCUT2D eigenvalue weighted by Gasteiger charge is 2.23. The van der Waals surface area contributed by atoms with Crippen LogP contribution < -0.4 is 14.8 Å². The fourth-order valence-electron chi connectivity index (χ4n) is 2.78. The number of benzene rings is 1. The first-order chi connectivity index (χ1) is 9.83. The number of nitrogens with one attached hydrogen (secondary N) is 1. The van der Waals surface area contributed by atoms with E-state index in [9.17, 15) is 0 Å². The van der Waals surface area contributed by atoms with Crippen molar-refractivity contribution >= 4 is 0 Å². The zero-order valence-corrected chi connectivity index (χ0v) is 12.7. The van der Waals surface area contributed by atoms with Crippen molar-refractivity contribution in [1.82, 2.24) is 5.32 Å². The van der Waals surface area contributed by atoms with Gasteiger partial charge >= 0.3 is 0 Å². The topological polar surface area (TPSA) is 30.5 Å². The van der Waals surface area contributed by atoms with Crippen molar-refractivity contribution in [2.75, 3.05) is 13.2 Å². The number of hydrogen-bond acceptors (Lipinski definition) is 3. The molecule has 1 aromatic rings. The quantitative estimate of drug-likeness (QED) is 0.823. The fraction of sp³-hybridized carbons (Fsp3) is 0.647. The van der Waals surface area contributed by atoms with Crippen molar-refractivity contribution in [1.29, 1.82) is 0 Å². The lowest BCUT2D eigenvalue weighted by atomic mass is 9.93. The van der Waals surface area contributed by atoms with Gasteiger partial charge in [-0.05, 0) is 50.8 Å². The van der Waals surface area contributed by atoms with Gasteiger partial charge in [0.2, 0.25) is 0 Å².